The predicted molar refractivity (Wildman–Crippen MR) is 97.6 cm³/mol. The standard InChI is InChI=1S/C21H24N2/c1-3-4-5-9-12-19-18-15-16(2)13-14-20(18)23-21(22-19)17-10-7-6-8-11-17/h6-8,10-11,13-15H,3-5,9,12H2,1-2H3. The van der Waals surface area contributed by atoms with E-state index in [1.807, 2.05) is 18.2 Å². The Morgan fingerprint density at radius 1 is 0.870 bits per heavy atom. The fourth-order valence-corrected chi connectivity index (χ4v) is 2.93. The zero-order valence-electron chi connectivity index (χ0n) is 14.0. The molecule has 0 aliphatic carbocycles. The largest absolute Gasteiger partial charge is 0.232 e. The molecule has 0 fully saturated rings. The van der Waals surface area contributed by atoms with E-state index in [0.717, 1.165) is 23.3 Å². The van der Waals surface area contributed by atoms with Gasteiger partial charge in [-0.25, -0.2) is 9.97 Å². The minimum atomic E-state index is 0.840. The third-order valence-electron chi connectivity index (χ3n) is 4.23. The number of nitrogens with zero attached hydrogens (tertiary/aromatic N) is 2. The Kier molecular flexibility index (Phi) is 5.02. The number of aromatic nitrogens is 2. The molecule has 23 heavy (non-hydrogen) atoms. The van der Waals surface area contributed by atoms with Gasteiger partial charge < -0.3 is 0 Å². The summed E-state index contributed by atoms with van der Waals surface area (Å²) in [5.41, 5.74) is 4.59. The van der Waals surface area contributed by atoms with Gasteiger partial charge in [0.25, 0.3) is 0 Å². The lowest BCUT2D eigenvalue weighted by Gasteiger charge is -2.10. The fraction of sp³-hybridized carbons (Fsp3) is 0.333. The molecule has 0 spiro atoms. The van der Waals surface area contributed by atoms with Crippen molar-refractivity contribution < 1.29 is 0 Å². The van der Waals surface area contributed by atoms with Crippen molar-refractivity contribution in [1.29, 1.82) is 0 Å². The topological polar surface area (TPSA) is 25.8 Å². The van der Waals surface area contributed by atoms with E-state index < -0.39 is 0 Å². The van der Waals surface area contributed by atoms with Gasteiger partial charge in [0, 0.05) is 10.9 Å². The van der Waals surface area contributed by atoms with Crippen LogP contribution >= 0.6 is 0 Å². The second kappa shape index (κ2) is 7.36. The Hall–Kier alpha value is -2.22. The summed E-state index contributed by atoms with van der Waals surface area (Å²) >= 11 is 0. The molecule has 2 nitrogen and oxygen atoms in total. The Balaban J connectivity index is 2.01. The maximum absolute atomic E-state index is 4.90. The molecule has 2 aromatic carbocycles. The van der Waals surface area contributed by atoms with Gasteiger partial charge in [0.05, 0.1) is 11.2 Å². The smallest absolute Gasteiger partial charge is 0.160 e. The summed E-state index contributed by atoms with van der Waals surface area (Å²) in [5.74, 6) is 0.840. The molecule has 0 atom stereocenters. The van der Waals surface area contributed by atoms with Gasteiger partial charge in [0.1, 0.15) is 0 Å². The molecule has 0 aliphatic heterocycles. The van der Waals surface area contributed by atoms with Crippen LogP contribution in [0.1, 0.15) is 43.9 Å². The molecule has 0 aliphatic rings. The van der Waals surface area contributed by atoms with Crippen molar-refractivity contribution in [3.8, 4) is 11.4 Å². The van der Waals surface area contributed by atoms with Crippen molar-refractivity contribution in [3.63, 3.8) is 0 Å². The average Bonchev–Trinajstić information content (AvgIpc) is 2.59. The van der Waals surface area contributed by atoms with Crippen molar-refractivity contribution in [1.82, 2.24) is 9.97 Å². The van der Waals surface area contributed by atoms with Gasteiger partial charge in [-0.05, 0) is 31.9 Å². The summed E-state index contributed by atoms with van der Waals surface area (Å²) in [6.07, 6.45) is 6.06. The van der Waals surface area contributed by atoms with Gasteiger partial charge in [-0.15, -0.1) is 0 Å². The Bertz CT molecular complexity index is 778. The number of benzene rings is 2. The average molecular weight is 304 g/mol. The number of fused-ring (bicyclic) bond motifs is 1. The molecule has 3 aromatic rings. The summed E-state index contributed by atoms with van der Waals surface area (Å²) in [6, 6.07) is 16.7. The molecule has 0 amide bonds. The van der Waals surface area contributed by atoms with E-state index in [-0.39, 0.29) is 0 Å². The highest BCUT2D eigenvalue weighted by atomic mass is 14.9. The molecular formula is C21H24N2. The van der Waals surface area contributed by atoms with Gasteiger partial charge in [-0.1, -0.05) is 68.1 Å². The Labute approximate surface area is 138 Å². The van der Waals surface area contributed by atoms with Crippen molar-refractivity contribution >= 4 is 10.9 Å². The highest BCUT2D eigenvalue weighted by Gasteiger charge is 2.09. The van der Waals surface area contributed by atoms with Crippen LogP contribution in [0.3, 0.4) is 0 Å². The van der Waals surface area contributed by atoms with E-state index in [4.69, 9.17) is 9.97 Å². The van der Waals surface area contributed by atoms with E-state index in [1.54, 1.807) is 0 Å². The van der Waals surface area contributed by atoms with Gasteiger partial charge >= 0.3 is 0 Å². The quantitative estimate of drug-likeness (QED) is 0.544. The summed E-state index contributed by atoms with van der Waals surface area (Å²) in [5, 5.41) is 1.21. The van der Waals surface area contributed by atoms with E-state index in [0.29, 0.717) is 0 Å². The predicted octanol–water partition coefficient (Wildman–Crippen LogP) is 5.73. The molecule has 1 aromatic heterocycles. The molecule has 0 bridgehead atoms. The number of hydrogen-bond donors (Lipinski definition) is 0. The van der Waals surface area contributed by atoms with Crippen LogP contribution < -0.4 is 0 Å². The Morgan fingerprint density at radius 3 is 2.48 bits per heavy atom. The Morgan fingerprint density at radius 2 is 1.70 bits per heavy atom. The molecule has 3 rings (SSSR count). The van der Waals surface area contributed by atoms with Gasteiger partial charge in [0.2, 0.25) is 0 Å². The monoisotopic (exact) mass is 304 g/mol. The van der Waals surface area contributed by atoms with Crippen LogP contribution in [0.25, 0.3) is 22.3 Å². The number of hydrogen-bond acceptors (Lipinski definition) is 2. The normalized spacial score (nSPS) is 11.0. The zero-order valence-corrected chi connectivity index (χ0v) is 14.0. The molecule has 0 radical (unpaired) electrons. The van der Waals surface area contributed by atoms with E-state index >= 15 is 0 Å². The van der Waals surface area contributed by atoms with Crippen LogP contribution in [-0.4, -0.2) is 9.97 Å². The summed E-state index contributed by atoms with van der Waals surface area (Å²) in [6.45, 7) is 4.38. The van der Waals surface area contributed by atoms with E-state index in [2.05, 4.69) is 44.2 Å². The minimum Gasteiger partial charge on any atom is -0.232 e. The first kappa shape index (κ1) is 15.7. The van der Waals surface area contributed by atoms with Crippen molar-refractivity contribution in [2.75, 3.05) is 0 Å². The van der Waals surface area contributed by atoms with Crippen LogP contribution in [0.4, 0.5) is 0 Å². The first-order valence-electron chi connectivity index (χ1n) is 8.60. The second-order valence-electron chi connectivity index (χ2n) is 6.19. The zero-order chi connectivity index (χ0) is 16.1. The highest BCUT2D eigenvalue weighted by molar-refractivity contribution is 5.83. The molecule has 2 heteroatoms. The highest BCUT2D eigenvalue weighted by Crippen LogP contribution is 2.24. The molecule has 1 heterocycles. The van der Waals surface area contributed by atoms with Crippen LogP contribution in [0.2, 0.25) is 0 Å². The van der Waals surface area contributed by atoms with Crippen molar-refractivity contribution in [3.05, 3.63) is 59.8 Å². The molecule has 118 valence electrons. The van der Waals surface area contributed by atoms with E-state index in [9.17, 15) is 0 Å². The molecule has 0 N–H and O–H groups in total. The summed E-state index contributed by atoms with van der Waals surface area (Å²) in [4.78, 5) is 9.68. The second-order valence-corrected chi connectivity index (χ2v) is 6.19. The lowest BCUT2D eigenvalue weighted by atomic mass is 10.0. The number of unbranched alkanes of at least 4 members (excludes halogenated alkanes) is 3. The van der Waals surface area contributed by atoms with Crippen molar-refractivity contribution in [2.45, 2.75) is 46.0 Å². The molecular weight excluding hydrogens is 280 g/mol. The molecule has 0 saturated carbocycles. The van der Waals surface area contributed by atoms with Gasteiger partial charge in [-0.2, -0.15) is 0 Å². The molecule has 0 saturated heterocycles. The van der Waals surface area contributed by atoms with Crippen LogP contribution in [0.5, 0.6) is 0 Å². The summed E-state index contributed by atoms with van der Waals surface area (Å²) in [7, 11) is 0. The summed E-state index contributed by atoms with van der Waals surface area (Å²) < 4.78 is 0. The maximum atomic E-state index is 4.90. The van der Waals surface area contributed by atoms with Crippen LogP contribution in [0.15, 0.2) is 48.5 Å². The first-order valence-corrected chi connectivity index (χ1v) is 8.60. The molecule has 0 unspecified atom stereocenters. The van der Waals surface area contributed by atoms with Gasteiger partial charge in [-0.3, -0.25) is 0 Å². The first-order chi connectivity index (χ1) is 11.3. The lowest BCUT2D eigenvalue weighted by Crippen LogP contribution is -1.99. The number of aryl methyl sites for hydroxylation is 2. The van der Waals surface area contributed by atoms with Crippen LogP contribution in [0, 0.1) is 6.92 Å². The van der Waals surface area contributed by atoms with Gasteiger partial charge in [0.15, 0.2) is 5.82 Å². The van der Waals surface area contributed by atoms with E-state index in [1.165, 1.54) is 42.3 Å². The lowest BCUT2D eigenvalue weighted by molar-refractivity contribution is 0.662. The third kappa shape index (κ3) is 3.76. The minimum absolute atomic E-state index is 0.840. The third-order valence-corrected chi connectivity index (χ3v) is 4.23. The maximum Gasteiger partial charge on any atom is 0.160 e. The van der Waals surface area contributed by atoms with Crippen LogP contribution in [-0.2, 0) is 6.42 Å². The number of rotatable bonds is 6. The van der Waals surface area contributed by atoms with Crippen molar-refractivity contribution in [2.24, 2.45) is 0 Å². The fourth-order valence-electron chi connectivity index (χ4n) is 2.93. The SMILES string of the molecule is CCCCCCc1nc(-c2ccccc2)nc2ccc(C)cc12.